The Morgan fingerprint density at radius 2 is 2.11 bits per heavy atom. The molecule has 5 heteroatoms. The zero-order valence-corrected chi connectivity index (χ0v) is 11.8. The van der Waals surface area contributed by atoms with Gasteiger partial charge in [0.15, 0.2) is 4.34 Å². The summed E-state index contributed by atoms with van der Waals surface area (Å²) >= 11 is 3.07. The van der Waals surface area contributed by atoms with Crippen LogP contribution in [0.1, 0.15) is 11.1 Å². The Hall–Kier alpha value is -1.90. The number of hydrogen-bond donors (Lipinski definition) is 0. The smallest absolute Gasteiger partial charge is 0.157 e. The first kappa shape index (κ1) is 12.2. The van der Waals surface area contributed by atoms with Gasteiger partial charge >= 0.3 is 0 Å². The molecule has 0 aliphatic heterocycles. The van der Waals surface area contributed by atoms with E-state index in [0.717, 1.165) is 25.1 Å². The van der Waals surface area contributed by atoms with Crippen molar-refractivity contribution in [2.24, 2.45) is 0 Å². The second-order valence-electron chi connectivity index (χ2n) is 3.97. The van der Waals surface area contributed by atoms with E-state index in [2.05, 4.69) is 16.0 Å². The van der Waals surface area contributed by atoms with Crippen LogP contribution in [0.2, 0.25) is 0 Å². The first-order valence-corrected chi connectivity index (χ1v) is 7.30. The number of nitriles is 1. The lowest BCUT2D eigenvalue weighted by Gasteiger charge is -2.01. The van der Waals surface area contributed by atoms with E-state index in [0.29, 0.717) is 5.56 Å². The van der Waals surface area contributed by atoms with E-state index in [9.17, 15) is 5.26 Å². The van der Waals surface area contributed by atoms with Crippen LogP contribution in [0.4, 0.5) is 0 Å². The van der Waals surface area contributed by atoms with Crippen LogP contribution in [0.15, 0.2) is 45.9 Å². The van der Waals surface area contributed by atoms with Crippen LogP contribution >= 0.6 is 23.1 Å². The summed E-state index contributed by atoms with van der Waals surface area (Å²) in [4.78, 5) is 8.83. The number of hydrogen-bond acceptors (Lipinski definition) is 5. The monoisotopic (exact) mass is 283 g/mol. The minimum Gasteiger partial charge on any atom is -0.248 e. The fraction of sp³-hybridized carbons (Fsp3) is 0.0714. The summed E-state index contributed by atoms with van der Waals surface area (Å²) < 4.78 is 2.06. The highest BCUT2D eigenvalue weighted by Crippen LogP contribution is 2.35. The van der Waals surface area contributed by atoms with E-state index in [1.165, 1.54) is 11.8 Å². The van der Waals surface area contributed by atoms with Crippen LogP contribution in [0.5, 0.6) is 0 Å². The normalized spacial score (nSPS) is 10.5. The van der Waals surface area contributed by atoms with Crippen molar-refractivity contribution in [3.05, 3.63) is 47.7 Å². The summed E-state index contributed by atoms with van der Waals surface area (Å²) in [5.74, 6) is 0. The second kappa shape index (κ2) is 5.00. The van der Waals surface area contributed by atoms with Crippen molar-refractivity contribution < 1.29 is 0 Å². The van der Waals surface area contributed by atoms with Gasteiger partial charge in [-0.3, -0.25) is 0 Å². The summed E-state index contributed by atoms with van der Waals surface area (Å²) in [5.41, 5.74) is 2.56. The molecule has 0 radical (unpaired) electrons. The van der Waals surface area contributed by atoms with E-state index >= 15 is 0 Å². The van der Waals surface area contributed by atoms with Crippen LogP contribution in [0.3, 0.4) is 0 Å². The number of nitrogens with zero attached hydrogens (tertiary/aromatic N) is 3. The molecule has 0 saturated heterocycles. The molecule has 3 rings (SSSR count). The maximum absolute atomic E-state index is 9.20. The van der Waals surface area contributed by atoms with Gasteiger partial charge < -0.3 is 0 Å². The van der Waals surface area contributed by atoms with Crippen molar-refractivity contribution in [3.63, 3.8) is 0 Å². The standard InChI is InChI=1S/C14H9N3S2/c1-9-6-7-16-13(10(9)8-15)19-14-17-11-4-2-3-5-12(11)18-14/h2-7H,1H3. The Bertz CT molecular complexity index is 754. The number of aryl methyl sites for hydroxylation is 1. The molecular weight excluding hydrogens is 274 g/mol. The molecule has 0 fully saturated rings. The molecule has 0 saturated carbocycles. The zero-order valence-electron chi connectivity index (χ0n) is 10.1. The number of rotatable bonds is 2. The zero-order chi connectivity index (χ0) is 13.2. The van der Waals surface area contributed by atoms with Crippen LogP contribution in [-0.4, -0.2) is 9.97 Å². The van der Waals surface area contributed by atoms with E-state index < -0.39 is 0 Å². The quantitative estimate of drug-likeness (QED) is 0.712. The third-order valence-electron chi connectivity index (χ3n) is 2.69. The third-order valence-corrected chi connectivity index (χ3v) is 4.79. The number of benzene rings is 1. The molecular formula is C14H9N3S2. The number of aromatic nitrogens is 2. The molecule has 0 unspecified atom stereocenters. The average Bonchev–Trinajstić information content (AvgIpc) is 2.81. The maximum Gasteiger partial charge on any atom is 0.157 e. The molecule has 92 valence electrons. The molecule has 0 bridgehead atoms. The molecule has 3 nitrogen and oxygen atoms in total. The van der Waals surface area contributed by atoms with Crippen LogP contribution in [0.25, 0.3) is 10.2 Å². The fourth-order valence-electron chi connectivity index (χ4n) is 1.72. The van der Waals surface area contributed by atoms with E-state index in [-0.39, 0.29) is 0 Å². The second-order valence-corrected chi connectivity index (χ2v) is 6.24. The van der Waals surface area contributed by atoms with Crippen molar-refractivity contribution in [3.8, 4) is 6.07 Å². The number of pyridine rings is 1. The van der Waals surface area contributed by atoms with Gasteiger partial charge in [-0.05, 0) is 42.4 Å². The van der Waals surface area contributed by atoms with Crippen molar-refractivity contribution >= 4 is 33.3 Å². The summed E-state index contributed by atoms with van der Waals surface area (Å²) in [7, 11) is 0. The molecule has 3 aromatic rings. The lowest BCUT2D eigenvalue weighted by molar-refractivity contribution is 1.08. The molecule has 1 aromatic carbocycles. The van der Waals surface area contributed by atoms with Gasteiger partial charge in [-0.25, -0.2) is 9.97 Å². The van der Waals surface area contributed by atoms with E-state index in [1.807, 2.05) is 37.3 Å². The minimum absolute atomic E-state index is 0.631. The van der Waals surface area contributed by atoms with Gasteiger partial charge in [0.2, 0.25) is 0 Å². The first-order valence-electron chi connectivity index (χ1n) is 5.67. The Morgan fingerprint density at radius 1 is 1.26 bits per heavy atom. The van der Waals surface area contributed by atoms with Gasteiger partial charge in [-0.15, -0.1) is 11.3 Å². The van der Waals surface area contributed by atoms with Gasteiger partial charge in [0.05, 0.1) is 15.8 Å². The van der Waals surface area contributed by atoms with Crippen LogP contribution < -0.4 is 0 Å². The highest BCUT2D eigenvalue weighted by Gasteiger charge is 2.11. The minimum atomic E-state index is 0.631. The summed E-state index contributed by atoms with van der Waals surface area (Å²) in [6.07, 6.45) is 1.73. The molecule has 2 heterocycles. The topological polar surface area (TPSA) is 49.6 Å². The van der Waals surface area contributed by atoms with Crippen LogP contribution in [0, 0.1) is 18.3 Å². The Kier molecular flexibility index (Phi) is 3.20. The van der Waals surface area contributed by atoms with E-state index in [1.54, 1.807) is 17.5 Å². The lowest BCUT2D eigenvalue weighted by atomic mass is 10.2. The molecule has 19 heavy (non-hydrogen) atoms. The molecule has 0 N–H and O–H groups in total. The Morgan fingerprint density at radius 3 is 2.89 bits per heavy atom. The third kappa shape index (κ3) is 2.33. The molecule has 0 amide bonds. The highest BCUT2D eigenvalue weighted by molar-refractivity contribution is 8.01. The predicted octanol–water partition coefficient (Wildman–Crippen LogP) is 4.02. The van der Waals surface area contributed by atoms with Gasteiger partial charge in [0, 0.05) is 6.20 Å². The fourth-order valence-corrected chi connectivity index (χ4v) is 3.83. The van der Waals surface area contributed by atoms with Crippen LogP contribution in [-0.2, 0) is 0 Å². The van der Waals surface area contributed by atoms with Gasteiger partial charge in [-0.1, -0.05) is 12.1 Å². The van der Waals surface area contributed by atoms with Gasteiger partial charge in [0.1, 0.15) is 11.1 Å². The average molecular weight is 283 g/mol. The van der Waals surface area contributed by atoms with E-state index in [4.69, 9.17) is 0 Å². The molecule has 0 atom stereocenters. The first-order chi connectivity index (χ1) is 9.28. The number of para-hydroxylation sites is 1. The molecule has 2 aromatic heterocycles. The number of fused-ring (bicyclic) bond motifs is 1. The molecule has 0 aliphatic carbocycles. The van der Waals surface area contributed by atoms with Gasteiger partial charge in [-0.2, -0.15) is 5.26 Å². The number of thiazole rings is 1. The predicted molar refractivity (Wildman–Crippen MR) is 77.4 cm³/mol. The SMILES string of the molecule is Cc1ccnc(Sc2nc3ccccc3s2)c1C#N. The highest BCUT2D eigenvalue weighted by atomic mass is 32.2. The van der Waals surface area contributed by atoms with Crippen molar-refractivity contribution in [1.29, 1.82) is 5.26 Å². The van der Waals surface area contributed by atoms with Gasteiger partial charge in [0.25, 0.3) is 0 Å². The van der Waals surface area contributed by atoms with Crippen molar-refractivity contribution in [1.82, 2.24) is 9.97 Å². The Balaban J connectivity index is 2.02. The summed E-state index contributed by atoms with van der Waals surface area (Å²) in [6.45, 7) is 1.92. The van der Waals surface area contributed by atoms with Crippen molar-refractivity contribution in [2.45, 2.75) is 16.3 Å². The molecule has 0 aliphatic rings. The summed E-state index contributed by atoms with van der Waals surface area (Å²) in [5, 5.41) is 9.92. The summed E-state index contributed by atoms with van der Waals surface area (Å²) in [6, 6.07) is 12.1. The Labute approximate surface area is 118 Å². The lowest BCUT2D eigenvalue weighted by Crippen LogP contribution is -1.89. The van der Waals surface area contributed by atoms with Crippen molar-refractivity contribution in [2.75, 3.05) is 0 Å². The maximum atomic E-state index is 9.20. The molecule has 0 spiro atoms. The largest absolute Gasteiger partial charge is 0.248 e.